The zero-order valence-electron chi connectivity index (χ0n) is 8.30. The van der Waals surface area contributed by atoms with Crippen LogP contribution in [0.4, 0.5) is 4.39 Å². The summed E-state index contributed by atoms with van der Waals surface area (Å²) >= 11 is 0. The molecule has 0 aliphatic rings. The molecule has 0 bridgehead atoms. The van der Waals surface area contributed by atoms with Gasteiger partial charge in [0.15, 0.2) is 0 Å². The van der Waals surface area contributed by atoms with E-state index in [0.29, 0.717) is 12.1 Å². The lowest BCUT2D eigenvalue weighted by Gasteiger charge is -2.06. The van der Waals surface area contributed by atoms with Crippen molar-refractivity contribution in [3.8, 4) is 0 Å². The number of rotatable bonds is 3. The summed E-state index contributed by atoms with van der Waals surface area (Å²) < 4.78 is 14.6. The molecule has 0 amide bonds. The Labute approximate surface area is 91.0 Å². The maximum Gasteiger partial charge on any atom is 0.336 e. The van der Waals surface area contributed by atoms with Crippen LogP contribution in [0.3, 0.4) is 0 Å². The van der Waals surface area contributed by atoms with E-state index in [1.807, 2.05) is 0 Å². The lowest BCUT2D eigenvalue weighted by atomic mass is 10.1. The maximum atomic E-state index is 12.9. The van der Waals surface area contributed by atoms with Crippen molar-refractivity contribution in [1.82, 2.24) is 9.55 Å². The predicted octanol–water partition coefficient (Wildman–Crippen LogP) is 1.77. The van der Waals surface area contributed by atoms with Crippen LogP contribution in [0.25, 0.3) is 0 Å². The fourth-order valence-corrected chi connectivity index (χ4v) is 1.46. The molecule has 0 saturated heterocycles. The van der Waals surface area contributed by atoms with Crippen molar-refractivity contribution in [2.45, 2.75) is 6.54 Å². The lowest BCUT2D eigenvalue weighted by molar-refractivity contribution is 0.0695. The predicted molar refractivity (Wildman–Crippen MR) is 54.7 cm³/mol. The molecule has 0 unspecified atom stereocenters. The molecular formula is C11H9FN2O2. The van der Waals surface area contributed by atoms with Crippen molar-refractivity contribution in [1.29, 1.82) is 0 Å². The van der Waals surface area contributed by atoms with Crippen LogP contribution in [0.15, 0.2) is 36.9 Å². The molecule has 4 nitrogen and oxygen atoms in total. The molecule has 16 heavy (non-hydrogen) atoms. The second-order valence-electron chi connectivity index (χ2n) is 3.34. The standard InChI is InChI=1S/C11H9FN2O2/c12-9-2-1-8(10(5-9)11(15)16)6-14-4-3-13-7-14/h1-5,7H,6H2,(H,15,16). The minimum absolute atomic E-state index is 0.0197. The smallest absolute Gasteiger partial charge is 0.336 e. The van der Waals surface area contributed by atoms with E-state index in [2.05, 4.69) is 4.98 Å². The number of nitrogens with zero attached hydrogens (tertiary/aromatic N) is 2. The molecule has 2 aromatic rings. The SMILES string of the molecule is O=C(O)c1cc(F)ccc1Cn1ccnc1. The van der Waals surface area contributed by atoms with Crippen LogP contribution in [-0.4, -0.2) is 20.6 Å². The number of halogens is 1. The molecule has 5 heteroatoms. The molecule has 1 heterocycles. The summed E-state index contributed by atoms with van der Waals surface area (Å²) in [6.45, 7) is 0.363. The highest BCUT2D eigenvalue weighted by molar-refractivity contribution is 5.89. The van der Waals surface area contributed by atoms with E-state index in [1.165, 1.54) is 12.1 Å². The first-order valence-electron chi connectivity index (χ1n) is 4.64. The van der Waals surface area contributed by atoms with Crippen LogP contribution >= 0.6 is 0 Å². The fourth-order valence-electron chi connectivity index (χ4n) is 1.46. The molecule has 0 aliphatic heterocycles. The van der Waals surface area contributed by atoms with Gasteiger partial charge in [0, 0.05) is 18.9 Å². The Morgan fingerprint density at radius 1 is 1.50 bits per heavy atom. The van der Waals surface area contributed by atoms with E-state index in [4.69, 9.17) is 5.11 Å². The largest absolute Gasteiger partial charge is 0.478 e. The molecule has 0 spiro atoms. The number of aromatic carboxylic acids is 1. The van der Waals surface area contributed by atoms with Crippen LogP contribution < -0.4 is 0 Å². The number of benzene rings is 1. The summed E-state index contributed by atoms with van der Waals surface area (Å²) in [6, 6.07) is 3.74. The van der Waals surface area contributed by atoms with Gasteiger partial charge in [-0.2, -0.15) is 0 Å². The third-order valence-corrected chi connectivity index (χ3v) is 2.21. The van der Waals surface area contributed by atoms with Gasteiger partial charge >= 0.3 is 5.97 Å². The van der Waals surface area contributed by atoms with Crippen LogP contribution in [0.5, 0.6) is 0 Å². The zero-order valence-corrected chi connectivity index (χ0v) is 8.30. The van der Waals surface area contributed by atoms with Crippen molar-refractivity contribution in [3.63, 3.8) is 0 Å². The normalized spacial score (nSPS) is 10.3. The van der Waals surface area contributed by atoms with E-state index in [9.17, 15) is 9.18 Å². The molecule has 0 aliphatic carbocycles. The summed E-state index contributed by atoms with van der Waals surface area (Å²) in [6.07, 6.45) is 4.90. The second-order valence-corrected chi connectivity index (χ2v) is 3.34. The van der Waals surface area contributed by atoms with Crippen LogP contribution in [0, 0.1) is 5.82 Å². The molecule has 0 fully saturated rings. The molecule has 2 rings (SSSR count). The van der Waals surface area contributed by atoms with E-state index >= 15 is 0 Å². The van der Waals surface area contributed by atoms with Gasteiger partial charge in [-0.15, -0.1) is 0 Å². The Hall–Kier alpha value is -2.17. The number of hydrogen-bond donors (Lipinski definition) is 1. The van der Waals surface area contributed by atoms with Gasteiger partial charge in [-0.25, -0.2) is 14.2 Å². The summed E-state index contributed by atoms with van der Waals surface area (Å²) in [7, 11) is 0. The van der Waals surface area contributed by atoms with Gasteiger partial charge < -0.3 is 9.67 Å². The average molecular weight is 220 g/mol. The Bertz CT molecular complexity index is 509. The van der Waals surface area contributed by atoms with Crippen LogP contribution in [0.1, 0.15) is 15.9 Å². The first kappa shape index (κ1) is 10.4. The zero-order chi connectivity index (χ0) is 11.5. The molecule has 0 atom stereocenters. The Morgan fingerprint density at radius 2 is 2.31 bits per heavy atom. The van der Waals surface area contributed by atoms with Crippen LogP contribution in [0.2, 0.25) is 0 Å². The van der Waals surface area contributed by atoms with E-state index in [-0.39, 0.29) is 5.56 Å². The third-order valence-electron chi connectivity index (χ3n) is 2.21. The molecular weight excluding hydrogens is 211 g/mol. The summed E-state index contributed by atoms with van der Waals surface area (Å²) in [5, 5.41) is 8.93. The minimum Gasteiger partial charge on any atom is -0.478 e. The van der Waals surface area contributed by atoms with E-state index < -0.39 is 11.8 Å². The number of aromatic nitrogens is 2. The molecule has 0 saturated carbocycles. The van der Waals surface area contributed by atoms with Crippen molar-refractivity contribution in [3.05, 3.63) is 53.9 Å². The number of carbonyl (C=O) groups is 1. The Kier molecular flexibility index (Phi) is 2.68. The number of imidazole rings is 1. The third kappa shape index (κ3) is 2.08. The summed E-state index contributed by atoms with van der Waals surface area (Å²) in [5.74, 6) is -1.68. The van der Waals surface area contributed by atoms with Gasteiger partial charge in [-0.3, -0.25) is 0 Å². The Balaban J connectivity index is 2.36. The quantitative estimate of drug-likeness (QED) is 0.857. The van der Waals surface area contributed by atoms with E-state index in [0.717, 1.165) is 6.07 Å². The highest BCUT2D eigenvalue weighted by atomic mass is 19.1. The monoisotopic (exact) mass is 220 g/mol. The topological polar surface area (TPSA) is 55.1 Å². The highest BCUT2D eigenvalue weighted by Gasteiger charge is 2.11. The fraction of sp³-hybridized carbons (Fsp3) is 0.0909. The second kappa shape index (κ2) is 4.14. The number of carboxylic acid groups (broad SMARTS) is 1. The molecule has 1 aromatic carbocycles. The first-order chi connectivity index (χ1) is 7.66. The summed E-state index contributed by atoms with van der Waals surface area (Å²) in [5.41, 5.74) is 0.528. The molecule has 0 radical (unpaired) electrons. The minimum atomic E-state index is -1.13. The van der Waals surface area contributed by atoms with Gasteiger partial charge in [0.1, 0.15) is 5.82 Å². The maximum absolute atomic E-state index is 12.9. The highest BCUT2D eigenvalue weighted by Crippen LogP contribution is 2.13. The van der Waals surface area contributed by atoms with Crippen LogP contribution in [-0.2, 0) is 6.54 Å². The molecule has 1 aromatic heterocycles. The van der Waals surface area contributed by atoms with Gasteiger partial charge in [-0.05, 0) is 17.7 Å². The van der Waals surface area contributed by atoms with Crippen molar-refractivity contribution < 1.29 is 14.3 Å². The van der Waals surface area contributed by atoms with Gasteiger partial charge in [0.25, 0.3) is 0 Å². The van der Waals surface area contributed by atoms with Gasteiger partial charge in [0.05, 0.1) is 11.9 Å². The van der Waals surface area contributed by atoms with Gasteiger partial charge in [0.2, 0.25) is 0 Å². The first-order valence-corrected chi connectivity index (χ1v) is 4.64. The van der Waals surface area contributed by atoms with E-state index in [1.54, 1.807) is 23.3 Å². The average Bonchev–Trinajstić information content (AvgIpc) is 2.73. The van der Waals surface area contributed by atoms with Crippen molar-refractivity contribution >= 4 is 5.97 Å². The lowest BCUT2D eigenvalue weighted by Crippen LogP contribution is -2.06. The van der Waals surface area contributed by atoms with Crippen molar-refractivity contribution in [2.75, 3.05) is 0 Å². The Morgan fingerprint density at radius 3 is 2.94 bits per heavy atom. The number of hydrogen-bond acceptors (Lipinski definition) is 2. The molecule has 82 valence electrons. The molecule has 1 N–H and O–H groups in total. The summed E-state index contributed by atoms with van der Waals surface area (Å²) in [4.78, 5) is 14.8. The number of carboxylic acids is 1. The van der Waals surface area contributed by atoms with Gasteiger partial charge in [-0.1, -0.05) is 6.07 Å². The van der Waals surface area contributed by atoms with Crippen molar-refractivity contribution in [2.24, 2.45) is 0 Å².